The zero-order valence-electron chi connectivity index (χ0n) is 11.0. The highest BCUT2D eigenvalue weighted by molar-refractivity contribution is 9.10. The summed E-state index contributed by atoms with van der Waals surface area (Å²) in [5, 5.41) is 11.1. The van der Waals surface area contributed by atoms with E-state index in [-0.39, 0.29) is 6.54 Å². The lowest BCUT2D eigenvalue weighted by Gasteiger charge is -2.22. The van der Waals surface area contributed by atoms with Crippen molar-refractivity contribution in [1.29, 1.82) is 0 Å². The van der Waals surface area contributed by atoms with Gasteiger partial charge in [0.1, 0.15) is 11.5 Å². The molecule has 0 atom stereocenters. The molecule has 0 aliphatic heterocycles. The number of hydrogen-bond acceptors (Lipinski definition) is 2. The van der Waals surface area contributed by atoms with E-state index < -0.39 is 5.97 Å². The normalized spacial score (nSPS) is 10.5. The Bertz CT molecular complexity index is 672. The van der Waals surface area contributed by atoms with Crippen LogP contribution in [-0.4, -0.2) is 34.1 Å². The molecule has 0 unspecified atom stereocenters. The van der Waals surface area contributed by atoms with Gasteiger partial charge in [0.05, 0.1) is 0 Å². The number of carboxylic acids is 1. The van der Waals surface area contributed by atoms with Crippen molar-refractivity contribution >= 4 is 49.9 Å². The zero-order valence-corrected chi connectivity index (χ0v) is 13.4. The van der Waals surface area contributed by atoms with Crippen LogP contribution in [0.2, 0.25) is 0 Å². The van der Waals surface area contributed by atoms with Crippen LogP contribution in [0, 0.1) is 0 Å². The van der Waals surface area contributed by atoms with Gasteiger partial charge in [0.15, 0.2) is 0 Å². The molecule has 2 aromatic rings. The lowest BCUT2D eigenvalue weighted by Crippen LogP contribution is -2.34. The van der Waals surface area contributed by atoms with Gasteiger partial charge < -0.3 is 10.0 Å². The molecule has 5 heteroatoms. The van der Waals surface area contributed by atoms with Gasteiger partial charge in [-0.2, -0.15) is 0 Å². The smallest absolute Gasteiger partial charge is 0.323 e. The van der Waals surface area contributed by atoms with E-state index in [4.69, 9.17) is 17.3 Å². The molecular weight excluding hydrogens is 338 g/mol. The lowest BCUT2D eigenvalue weighted by molar-refractivity contribution is -0.137. The highest BCUT2D eigenvalue weighted by atomic mass is 79.9. The lowest BCUT2D eigenvalue weighted by atomic mass is 10.0. The molecule has 0 saturated carbocycles. The molecule has 2 aromatic carbocycles. The van der Waals surface area contributed by atoms with Gasteiger partial charge in [0, 0.05) is 16.6 Å². The Labute approximate surface area is 131 Å². The van der Waals surface area contributed by atoms with Crippen LogP contribution in [0.25, 0.3) is 10.8 Å². The molecule has 104 valence electrons. The van der Waals surface area contributed by atoms with E-state index >= 15 is 0 Å². The quantitative estimate of drug-likeness (QED) is 0.853. The molecule has 0 spiro atoms. The summed E-state index contributed by atoms with van der Waals surface area (Å²) >= 11 is 9.00. The van der Waals surface area contributed by atoms with Gasteiger partial charge in [-0.1, -0.05) is 58.5 Å². The standard InChI is InChI=1S/C15H14BrNO2S/c1-2-17(9-14(18)19)15(20)12-7-3-6-11-10(12)5-4-8-13(11)16/h3-8H,2,9H2,1H3,(H,18,19). The Morgan fingerprint density at radius 1 is 1.25 bits per heavy atom. The number of rotatable bonds is 4. The van der Waals surface area contributed by atoms with Crippen molar-refractivity contribution in [3.05, 3.63) is 46.4 Å². The Morgan fingerprint density at radius 2 is 1.90 bits per heavy atom. The zero-order chi connectivity index (χ0) is 14.7. The number of halogens is 1. The van der Waals surface area contributed by atoms with E-state index in [9.17, 15) is 4.79 Å². The second-order valence-corrected chi connectivity index (χ2v) is 5.59. The third-order valence-corrected chi connectivity index (χ3v) is 4.26. The number of hydrogen-bond donors (Lipinski definition) is 1. The van der Waals surface area contributed by atoms with Gasteiger partial charge in [-0.25, -0.2) is 0 Å². The topological polar surface area (TPSA) is 40.5 Å². The van der Waals surface area contributed by atoms with Crippen molar-refractivity contribution in [3.63, 3.8) is 0 Å². The first kappa shape index (κ1) is 14.9. The van der Waals surface area contributed by atoms with Gasteiger partial charge in [0.2, 0.25) is 0 Å². The average molecular weight is 352 g/mol. The maximum absolute atomic E-state index is 10.9. The number of nitrogens with zero attached hydrogens (tertiary/aromatic N) is 1. The van der Waals surface area contributed by atoms with E-state index in [1.165, 1.54) is 0 Å². The summed E-state index contributed by atoms with van der Waals surface area (Å²) in [5.41, 5.74) is 0.891. The summed E-state index contributed by atoms with van der Waals surface area (Å²) in [4.78, 5) is 13.2. The van der Waals surface area contributed by atoms with Crippen LogP contribution in [-0.2, 0) is 4.79 Å². The van der Waals surface area contributed by atoms with Crippen molar-refractivity contribution in [2.24, 2.45) is 0 Å². The average Bonchev–Trinajstić information content (AvgIpc) is 2.44. The van der Waals surface area contributed by atoms with Crippen molar-refractivity contribution < 1.29 is 9.90 Å². The van der Waals surface area contributed by atoms with Crippen LogP contribution in [0.15, 0.2) is 40.9 Å². The summed E-state index contributed by atoms with van der Waals surface area (Å²) in [5.74, 6) is -0.879. The second kappa shape index (κ2) is 6.33. The monoisotopic (exact) mass is 351 g/mol. The van der Waals surface area contributed by atoms with Gasteiger partial charge in [0.25, 0.3) is 0 Å². The molecule has 0 aromatic heterocycles. The van der Waals surface area contributed by atoms with Crippen LogP contribution in [0.3, 0.4) is 0 Å². The minimum atomic E-state index is -0.879. The number of carboxylic acid groups (broad SMARTS) is 1. The van der Waals surface area contributed by atoms with Crippen molar-refractivity contribution in [3.8, 4) is 0 Å². The SMILES string of the molecule is CCN(CC(=O)O)C(=S)c1cccc2c(Br)cccc12. The number of likely N-dealkylation sites (N-methyl/N-ethyl adjacent to an activating group) is 1. The molecule has 0 radical (unpaired) electrons. The highest BCUT2D eigenvalue weighted by Gasteiger charge is 2.15. The van der Waals surface area contributed by atoms with E-state index in [0.29, 0.717) is 11.5 Å². The fourth-order valence-corrected chi connectivity index (χ4v) is 2.99. The molecule has 1 N–H and O–H groups in total. The first-order chi connectivity index (χ1) is 9.54. The summed E-state index contributed by atoms with van der Waals surface area (Å²) in [7, 11) is 0. The Hall–Kier alpha value is -1.46. The third-order valence-electron chi connectivity index (χ3n) is 3.09. The molecule has 0 heterocycles. The molecule has 0 amide bonds. The first-order valence-corrected chi connectivity index (χ1v) is 7.43. The van der Waals surface area contributed by atoms with Crippen molar-refractivity contribution in [2.75, 3.05) is 13.1 Å². The van der Waals surface area contributed by atoms with Crippen LogP contribution >= 0.6 is 28.1 Å². The van der Waals surface area contributed by atoms with Crippen molar-refractivity contribution in [1.82, 2.24) is 4.90 Å². The van der Waals surface area contributed by atoms with E-state index in [1.807, 2.05) is 43.3 Å². The molecular formula is C15H14BrNO2S. The highest BCUT2D eigenvalue weighted by Crippen LogP contribution is 2.27. The second-order valence-electron chi connectivity index (χ2n) is 4.35. The minimum absolute atomic E-state index is 0.0836. The predicted octanol–water partition coefficient (Wildman–Crippen LogP) is 3.68. The summed E-state index contributed by atoms with van der Waals surface area (Å²) < 4.78 is 1.00. The summed E-state index contributed by atoms with van der Waals surface area (Å²) in [6.45, 7) is 2.38. The van der Waals surface area contributed by atoms with E-state index in [0.717, 1.165) is 20.8 Å². The first-order valence-electron chi connectivity index (χ1n) is 6.23. The fraction of sp³-hybridized carbons (Fsp3) is 0.200. The maximum atomic E-state index is 10.9. The Kier molecular flexibility index (Phi) is 4.73. The number of thiocarbonyl (C=S) groups is 1. The number of benzene rings is 2. The third kappa shape index (κ3) is 2.99. The van der Waals surface area contributed by atoms with Gasteiger partial charge in [-0.3, -0.25) is 4.79 Å². The molecule has 0 saturated heterocycles. The molecule has 3 nitrogen and oxygen atoms in total. The van der Waals surface area contributed by atoms with Gasteiger partial charge in [-0.15, -0.1) is 0 Å². The molecule has 0 aliphatic rings. The van der Waals surface area contributed by atoms with E-state index in [1.54, 1.807) is 4.90 Å². The largest absolute Gasteiger partial charge is 0.480 e. The van der Waals surface area contributed by atoms with Crippen LogP contribution in [0.5, 0.6) is 0 Å². The van der Waals surface area contributed by atoms with Crippen LogP contribution < -0.4 is 0 Å². The molecule has 0 bridgehead atoms. The molecule has 0 fully saturated rings. The van der Waals surface area contributed by atoms with Crippen LogP contribution in [0.1, 0.15) is 12.5 Å². The Morgan fingerprint density at radius 3 is 2.55 bits per heavy atom. The maximum Gasteiger partial charge on any atom is 0.323 e. The minimum Gasteiger partial charge on any atom is -0.480 e. The number of fused-ring (bicyclic) bond motifs is 1. The summed E-state index contributed by atoms with van der Waals surface area (Å²) in [6, 6.07) is 11.8. The van der Waals surface area contributed by atoms with Gasteiger partial charge >= 0.3 is 5.97 Å². The molecule has 2 rings (SSSR count). The number of aliphatic carboxylic acids is 1. The Balaban J connectivity index is 2.49. The van der Waals surface area contributed by atoms with Crippen molar-refractivity contribution in [2.45, 2.75) is 6.92 Å². The molecule has 20 heavy (non-hydrogen) atoms. The van der Waals surface area contributed by atoms with E-state index in [2.05, 4.69) is 15.9 Å². The predicted molar refractivity (Wildman–Crippen MR) is 88.2 cm³/mol. The van der Waals surface area contributed by atoms with Crippen LogP contribution in [0.4, 0.5) is 0 Å². The van der Waals surface area contributed by atoms with Gasteiger partial charge in [-0.05, 0) is 23.8 Å². The molecule has 0 aliphatic carbocycles. The summed E-state index contributed by atoms with van der Waals surface area (Å²) in [6.07, 6.45) is 0. The number of carbonyl (C=O) groups is 1. The fourth-order valence-electron chi connectivity index (χ4n) is 2.12.